The number of nitriles is 1. The zero-order chi connectivity index (χ0) is 14.3. The molecule has 0 aliphatic carbocycles. The molecular formula is C15H18N2O2. The standard InChI is InChI=1S/C15H18N2O2/c1-4-12-8-6-7-11(3)14(12)17-10-13(9-16)15(18)19-5-2/h6-8,10,17H,4-5H2,1-3H3/b13-10+. The Hall–Kier alpha value is -2.28. The van der Waals surface area contributed by atoms with E-state index in [2.05, 4.69) is 12.2 Å². The van der Waals surface area contributed by atoms with Crippen LogP contribution in [0, 0.1) is 18.3 Å². The Morgan fingerprint density at radius 1 is 1.47 bits per heavy atom. The normalized spacial score (nSPS) is 10.7. The molecule has 1 rings (SSSR count). The van der Waals surface area contributed by atoms with Crippen molar-refractivity contribution in [2.75, 3.05) is 11.9 Å². The number of rotatable bonds is 5. The molecule has 0 unspecified atom stereocenters. The number of benzene rings is 1. The Morgan fingerprint density at radius 2 is 2.21 bits per heavy atom. The molecule has 100 valence electrons. The minimum absolute atomic E-state index is 0.0350. The van der Waals surface area contributed by atoms with Crippen LogP contribution in [0.1, 0.15) is 25.0 Å². The van der Waals surface area contributed by atoms with Crippen molar-refractivity contribution in [3.8, 4) is 6.07 Å². The molecule has 0 aromatic heterocycles. The van der Waals surface area contributed by atoms with Gasteiger partial charge in [-0.25, -0.2) is 4.79 Å². The minimum atomic E-state index is -0.607. The number of ether oxygens (including phenoxy) is 1. The lowest BCUT2D eigenvalue weighted by Gasteiger charge is -2.11. The van der Waals surface area contributed by atoms with E-state index in [0.717, 1.165) is 23.2 Å². The molecule has 4 heteroatoms. The SMILES string of the molecule is CCOC(=O)/C(C#N)=C/Nc1c(C)cccc1CC. The van der Waals surface area contributed by atoms with Crippen molar-refractivity contribution < 1.29 is 9.53 Å². The Balaban J connectivity index is 2.97. The Bertz CT molecular complexity index is 527. The van der Waals surface area contributed by atoms with E-state index >= 15 is 0 Å². The van der Waals surface area contributed by atoms with Gasteiger partial charge in [0.25, 0.3) is 0 Å². The molecule has 0 fully saturated rings. The molecule has 0 amide bonds. The predicted octanol–water partition coefficient (Wildman–Crippen LogP) is 2.94. The first-order chi connectivity index (χ1) is 9.13. The fraction of sp³-hybridized carbons (Fsp3) is 0.333. The summed E-state index contributed by atoms with van der Waals surface area (Å²) in [4.78, 5) is 11.5. The van der Waals surface area contributed by atoms with Crippen LogP contribution < -0.4 is 5.32 Å². The molecule has 0 bridgehead atoms. The van der Waals surface area contributed by atoms with E-state index in [1.807, 2.05) is 31.2 Å². The smallest absolute Gasteiger partial charge is 0.350 e. The fourth-order valence-electron chi connectivity index (χ4n) is 1.72. The zero-order valence-electron chi connectivity index (χ0n) is 11.5. The van der Waals surface area contributed by atoms with E-state index in [9.17, 15) is 4.79 Å². The van der Waals surface area contributed by atoms with Gasteiger partial charge < -0.3 is 10.1 Å². The number of esters is 1. The van der Waals surface area contributed by atoms with Gasteiger partial charge >= 0.3 is 5.97 Å². The van der Waals surface area contributed by atoms with Gasteiger partial charge in [-0.3, -0.25) is 0 Å². The summed E-state index contributed by atoms with van der Waals surface area (Å²) >= 11 is 0. The summed E-state index contributed by atoms with van der Waals surface area (Å²) in [5.41, 5.74) is 3.10. The number of aryl methyl sites for hydroxylation is 2. The van der Waals surface area contributed by atoms with Gasteiger partial charge in [0.05, 0.1) is 6.61 Å². The molecule has 4 nitrogen and oxygen atoms in total. The lowest BCUT2D eigenvalue weighted by atomic mass is 10.1. The molecule has 0 saturated heterocycles. The average molecular weight is 258 g/mol. The predicted molar refractivity (Wildman–Crippen MR) is 74.5 cm³/mol. The van der Waals surface area contributed by atoms with Crippen LogP contribution in [0.4, 0.5) is 5.69 Å². The van der Waals surface area contributed by atoms with Crippen LogP contribution in [0.3, 0.4) is 0 Å². The number of carbonyl (C=O) groups is 1. The maximum atomic E-state index is 11.5. The first kappa shape index (κ1) is 14.8. The topological polar surface area (TPSA) is 62.1 Å². The van der Waals surface area contributed by atoms with Crippen molar-refractivity contribution in [2.45, 2.75) is 27.2 Å². The van der Waals surface area contributed by atoms with Crippen LogP contribution in [0.2, 0.25) is 0 Å². The van der Waals surface area contributed by atoms with Crippen LogP contribution in [0.25, 0.3) is 0 Å². The van der Waals surface area contributed by atoms with E-state index in [4.69, 9.17) is 10.00 Å². The minimum Gasteiger partial charge on any atom is -0.462 e. The van der Waals surface area contributed by atoms with Gasteiger partial charge in [0, 0.05) is 11.9 Å². The third kappa shape index (κ3) is 3.85. The van der Waals surface area contributed by atoms with Crippen molar-refractivity contribution in [1.29, 1.82) is 5.26 Å². The third-order valence-corrected chi connectivity index (χ3v) is 2.72. The van der Waals surface area contributed by atoms with Crippen molar-refractivity contribution in [2.24, 2.45) is 0 Å². The van der Waals surface area contributed by atoms with Gasteiger partial charge in [0.2, 0.25) is 0 Å². The van der Waals surface area contributed by atoms with Crippen LogP contribution in [-0.4, -0.2) is 12.6 Å². The van der Waals surface area contributed by atoms with E-state index in [1.54, 1.807) is 6.92 Å². The van der Waals surface area contributed by atoms with Crippen molar-refractivity contribution in [3.63, 3.8) is 0 Å². The summed E-state index contributed by atoms with van der Waals surface area (Å²) < 4.78 is 4.80. The highest BCUT2D eigenvalue weighted by Crippen LogP contribution is 2.21. The molecule has 1 aromatic rings. The Kier molecular flexibility index (Phi) is 5.62. The van der Waals surface area contributed by atoms with E-state index in [-0.39, 0.29) is 12.2 Å². The molecule has 0 aliphatic rings. The van der Waals surface area contributed by atoms with Crippen molar-refractivity contribution >= 4 is 11.7 Å². The lowest BCUT2D eigenvalue weighted by molar-refractivity contribution is -0.138. The first-order valence-corrected chi connectivity index (χ1v) is 6.26. The summed E-state index contributed by atoms with van der Waals surface area (Å²) in [6.07, 6.45) is 2.28. The number of nitrogens with one attached hydrogen (secondary N) is 1. The summed E-state index contributed by atoms with van der Waals surface area (Å²) in [5.74, 6) is -0.607. The summed E-state index contributed by atoms with van der Waals surface area (Å²) in [7, 11) is 0. The second-order valence-electron chi connectivity index (χ2n) is 4.00. The maximum Gasteiger partial charge on any atom is 0.350 e. The van der Waals surface area contributed by atoms with Gasteiger partial charge in [-0.15, -0.1) is 0 Å². The van der Waals surface area contributed by atoms with Crippen LogP contribution in [-0.2, 0) is 16.0 Å². The third-order valence-electron chi connectivity index (χ3n) is 2.72. The molecule has 1 N–H and O–H groups in total. The van der Waals surface area contributed by atoms with Gasteiger partial charge in [0.1, 0.15) is 6.07 Å². The Labute approximate surface area is 113 Å². The molecule has 0 aliphatic heterocycles. The highest BCUT2D eigenvalue weighted by Gasteiger charge is 2.10. The van der Waals surface area contributed by atoms with Crippen molar-refractivity contribution in [3.05, 3.63) is 41.1 Å². The van der Waals surface area contributed by atoms with Gasteiger partial charge in [-0.2, -0.15) is 5.26 Å². The monoisotopic (exact) mass is 258 g/mol. The van der Waals surface area contributed by atoms with E-state index in [0.29, 0.717) is 0 Å². The van der Waals surface area contributed by atoms with Crippen molar-refractivity contribution in [1.82, 2.24) is 0 Å². The molecule has 0 saturated carbocycles. The molecule has 19 heavy (non-hydrogen) atoms. The van der Waals surface area contributed by atoms with Gasteiger partial charge in [0.15, 0.2) is 5.57 Å². The molecule has 0 heterocycles. The molecular weight excluding hydrogens is 240 g/mol. The van der Waals surface area contributed by atoms with E-state index < -0.39 is 5.97 Å². The number of hydrogen-bond acceptors (Lipinski definition) is 4. The van der Waals surface area contributed by atoms with E-state index in [1.165, 1.54) is 6.20 Å². The summed E-state index contributed by atoms with van der Waals surface area (Å²) in [6, 6.07) is 7.82. The number of anilines is 1. The largest absolute Gasteiger partial charge is 0.462 e. The Morgan fingerprint density at radius 3 is 2.79 bits per heavy atom. The number of hydrogen-bond donors (Lipinski definition) is 1. The highest BCUT2D eigenvalue weighted by atomic mass is 16.5. The number of nitrogens with zero attached hydrogens (tertiary/aromatic N) is 1. The van der Waals surface area contributed by atoms with Gasteiger partial charge in [-0.1, -0.05) is 25.1 Å². The second kappa shape index (κ2) is 7.22. The first-order valence-electron chi connectivity index (χ1n) is 6.26. The van der Waals surface area contributed by atoms with Crippen LogP contribution >= 0.6 is 0 Å². The zero-order valence-corrected chi connectivity index (χ0v) is 11.5. The quantitative estimate of drug-likeness (QED) is 0.501. The summed E-state index contributed by atoms with van der Waals surface area (Å²) in [5, 5.41) is 12.0. The number of carbonyl (C=O) groups excluding carboxylic acids is 1. The number of para-hydroxylation sites is 1. The molecule has 0 radical (unpaired) electrons. The van der Waals surface area contributed by atoms with Crippen LogP contribution in [0.5, 0.6) is 0 Å². The van der Waals surface area contributed by atoms with Crippen LogP contribution in [0.15, 0.2) is 30.0 Å². The second-order valence-corrected chi connectivity index (χ2v) is 4.00. The van der Waals surface area contributed by atoms with Gasteiger partial charge in [-0.05, 0) is 31.4 Å². The molecule has 1 aromatic carbocycles. The maximum absolute atomic E-state index is 11.5. The lowest BCUT2D eigenvalue weighted by Crippen LogP contribution is -2.08. The summed E-state index contributed by atoms with van der Waals surface area (Å²) in [6.45, 7) is 5.99. The molecule has 0 atom stereocenters. The molecule has 0 spiro atoms. The highest BCUT2D eigenvalue weighted by molar-refractivity contribution is 5.93. The fourth-order valence-corrected chi connectivity index (χ4v) is 1.72. The average Bonchev–Trinajstić information content (AvgIpc) is 2.41.